The molecule has 1 aliphatic heterocycles. The number of rotatable bonds is 6. The van der Waals surface area contributed by atoms with Crippen LogP contribution < -0.4 is 10.1 Å². The van der Waals surface area contributed by atoms with Crippen LogP contribution in [0, 0.1) is 0 Å². The van der Waals surface area contributed by atoms with Crippen LogP contribution in [0.5, 0.6) is 0 Å². The van der Waals surface area contributed by atoms with E-state index in [1.54, 1.807) is 24.3 Å². The lowest BCUT2D eigenvalue weighted by Gasteiger charge is -2.21. The molecule has 5 nitrogen and oxygen atoms in total. The summed E-state index contributed by atoms with van der Waals surface area (Å²) in [6.07, 6.45) is -4.50. The molecule has 0 aliphatic carbocycles. The van der Waals surface area contributed by atoms with Gasteiger partial charge in [-0.1, -0.05) is 64.6 Å². The first-order valence-corrected chi connectivity index (χ1v) is 13.3. The van der Waals surface area contributed by atoms with Crippen molar-refractivity contribution >= 4 is 62.1 Å². The summed E-state index contributed by atoms with van der Waals surface area (Å²) in [5.41, 5.74) is 3.31. The van der Waals surface area contributed by atoms with E-state index in [0.29, 0.717) is 33.5 Å². The Morgan fingerprint density at radius 2 is 1.58 bits per heavy atom. The van der Waals surface area contributed by atoms with Gasteiger partial charge >= 0.3 is 6.18 Å². The van der Waals surface area contributed by atoms with Gasteiger partial charge in [0.25, 0.3) is 0 Å². The van der Waals surface area contributed by atoms with Crippen LogP contribution in [0.1, 0.15) is 35.2 Å². The number of hydrogen-bond donors (Lipinski definition) is 2. The van der Waals surface area contributed by atoms with Crippen molar-refractivity contribution in [3.63, 3.8) is 0 Å². The summed E-state index contributed by atoms with van der Waals surface area (Å²) in [6, 6.07) is 12.1. The number of sulfonamides is 1. The quantitative estimate of drug-likeness (QED) is 0.311. The Labute approximate surface area is 225 Å². The second-order valence-corrected chi connectivity index (χ2v) is 11.3. The van der Waals surface area contributed by atoms with Crippen molar-refractivity contribution in [1.29, 1.82) is 0 Å². The molecular formula is C23H16Cl4F3N3O2S. The molecule has 2 N–H and O–H groups in total. The summed E-state index contributed by atoms with van der Waals surface area (Å²) in [5.74, 6) is 0. The van der Waals surface area contributed by atoms with Crippen LogP contribution in [0.25, 0.3) is 0 Å². The van der Waals surface area contributed by atoms with Crippen LogP contribution in [0.4, 0.5) is 13.2 Å². The summed E-state index contributed by atoms with van der Waals surface area (Å²) in [7, 11) is -4.57. The summed E-state index contributed by atoms with van der Waals surface area (Å²) in [4.78, 5) is -0.727. The van der Waals surface area contributed by atoms with E-state index in [-0.39, 0.29) is 22.5 Å². The normalized spacial score (nSPS) is 17.0. The van der Waals surface area contributed by atoms with Crippen molar-refractivity contribution in [2.75, 3.05) is 0 Å². The maximum atomic E-state index is 13.3. The van der Waals surface area contributed by atoms with Gasteiger partial charge in [-0.25, -0.2) is 8.42 Å². The van der Waals surface area contributed by atoms with Gasteiger partial charge in [0.1, 0.15) is 4.90 Å². The molecule has 0 saturated carbocycles. The molecule has 0 spiro atoms. The SMILES string of the molecule is O=S(=O)(NC(C1=NNC(c2ccc(Cl)cc2)C1)c1ccc(Cl)cc1Cl)c1cc(C(F)(F)F)ccc1Cl. The third kappa shape index (κ3) is 5.93. The second-order valence-electron chi connectivity index (χ2n) is 7.90. The summed E-state index contributed by atoms with van der Waals surface area (Å²) in [5, 5.41) is 4.95. The maximum Gasteiger partial charge on any atom is 0.416 e. The summed E-state index contributed by atoms with van der Waals surface area (Å²) >= 11 is 24.4. The van der Waals surface area contributed by atoms with E-state index in [9.17, 15) is 21.6 Å². The number of hydrogen-bond acceptors (Lipinski definition) is 4. The third-order valence-electron chi connectivity index (χ3n) is 5.48. The van der Waals surface area contributed by atoms with Gasteiger partial charge in [0.2, 0.25) is 10.0 Å². The van der Waals surface area contributed by atoms with E-state index in [1.807, 2.05) is 0 Å². The number of benzene rings is 3. The van der Waals surface area contributed by atoms with Gasteiger partial charge in [0, 0.05) is 21.5 Å². The van der Waals surface area contributed by atoms with Gasteiger partial charge in [-0.2, -0.15) is 23.0 Å². The van der Waals surface area contributed by atoms with Gasteiger partial charge in [0.15, 0.2) is 0 Å². The fourth-order valence-corrected chi connectivity index (χ4v) is 6.06. The minimum atomic E-state index is -4.76. The first kappa shape index (κ1) is 27.0. The molecule has 3 aromatic carbocycles. The molecule has 3 aromatic rings. The van der Waals surface area contributed by atoms with E-state index >= 15 is 0 Å². The van der Waals surface area contributed by atoms with E-state index in [0.717, 1.165) is 11.6 Å². The molecule has 190 valence electrons. The molecule has 4 rings (SSSR count). The predicted molar refractivity (Wildman–Crippen MR) is 135 cm³/mol. The molecule has 2 atom stereocenters. The highest BCUT2D eigenvalue weighted by Gasteiger charge is 2.36. The van der Waals surface area contributed by atoms with Gasteiger partial charge in [-0.3, -0.25) is 0 Å². The highest BCUT2D eigenvalue weighted by Crippen LogP contribution is 2.36. The highest BCUT2D eigenvalue weighted by molar-refractivity contribution is 7.89. The topological polar surface area (TPSA) is 70.6 Å². The fraction of sp³-hybridized carbons (Fsp3) is 0.174. The molecular weight excluding hydrogens is 581 g/mol. The number of nitrogens with one attached hydrogen (secondary N) is 2. The molecule has 1 aliphatic rings. The second kappa shape index (κ2) is 10.4. The van der Waals surface area contributed by atoms with Crippen LogP contribution >= 0.6 is 46.4 Å². The van der Waals surface area contributed by atoms with Gasteiger partial charge in [0.05, 0.1) is 28.4 Å². The van der Waals surface area contributed by atoms with Crippen LogP contribution in [-0.2, 0) is 16.2 Å². The zero-order valence-electron chi connectivity index (χ0n) is 18.0. The minimum absolute atomic E-state index is 0.142. The molecule has 13 heteroatoms. The Morgan fingerprint density at radius 3 is 2.22 bits per heavy atom. The number of halogens is 7. The molecule has 0 amide bonds. The Kier molecular flexibility index (Phi) is 7.81. The summed E-state index contributed by atoms with van der Waals surface area (Å²) in [6.45, 7) is 0. The first-order chi connectivity index (χ1) is 16.8. The van der Waals surface area contributed by atoms with E-state index in [2.05, 4.69) is 15.2 Å². The lowest BCUT2D eigenvalue weighted by molar-refractivity contribution is -0.137. The van der Waals surface area contributed by atoms with Crippen molar-refractivity contribution in [2.45, 2.75) is 29.6 Å². The zero-order valence-corrected chi connectivity index (χ0v) is 21.8. The van der Waals surface area contributed by atoms with E-state index in [4.69, 9.17) is 46.4 Å². The van der Waals surface area contributed by atoms with Crippen molar-refractivity contribution < 1.29 is 21.6 Å². The average molecular weight is 597 g/mol. The van der Waals surface area contributed by atoms with E-state index in [1.165, 1.54) is 18.2 Å². The van der Waals surface area contributed by atoms with Crippen molar-refractivity contribution in [3.05, 3.63) is 97.4 Å². The number of alkyl halides is 3. The molecule has 2 unspecified atom stereocenters. The largest absolute Gasteiger partial charge is 0.416 e. The zero-order chi connectivity index (χ0) is 26.3. The highest BCUT2D eigenvalue weighted by atomic mass is 35.5. The number of hydrazone groups is 1. The Hall–Kier alpha value is -2.01. The standard InChI is InChI=1S/C23H16Cl4F3N3O2S/c24-14-4-1-12(2-5-14)19-11-20(32-31-19)22(16-7-6-15(25)10-18(16)27)33-36(34,35)21-9-13(23(28,29)30)3-8-17(21)26/h1-10,19,22,31,33H,11H2. The van der Waals surface area contributed by atoms with Gasteiger partial charge in [-0.05, 0) is 53.6 Å². The lowest BCUT2D eigenvalue weighted by Crippen LogP contribution is -2.34. The fourth-order valence-electron chi connectivity index (χ4n) is 3.68. The third-order valence-corrected chi connectivity index (χ3v) is 8.20. The monoisotopic (exact) mass is 595 g/mol. The molecule has 1 heterocycles. The summed E-state index contributed by atoms with van der Waals surface area (Å²) < 4.78 is 68.8. The molecule has 0 radical (unpaired) electrons. The van der Waals surface area contributed by atoms with Gasteiger partial charge in [-0.15, -0.1) is 0 Å². The minimum Gasteiger partial charge on any atom is -0.302 e. The van der Waals surface area contributed by atoms with Crippen LogP contribution in [-0.4, -0.2) is 14.1 Å². The lowest BCUT2D eigenvalue weighted by atomic mass is 9.96. The predicted octanol–water partition coefficient (Wildman–Crippen LogP) is 7.43. The van der Waals surface area contributed by atoms with Crippen LogP contribution in [0.3, 0.4) is 0 Å². The molecule has 0 saturated heterocycles. The molecule has 36 heavy (non-hydrogen) atoms. The first-order valence-electron chi connectivity index (χ1n) is 10.3. The average Bonchev–Trinajstić information content (AvgIpc) is 3.28. The molecule has 0 aromatic heterocycles. The Bertz CT molecular complexity index is 1430. The Morgan fingerprint density at radius 1 is 0.917 bits per heavy atom. The number of nitrogens with zero attached hydrogens (tertiary/aromatic N) is 1. The van der Waals surface area contributed by atoms with Crippen molar-refractivity contribution in [3.8, 4) is 0 Å². The smallest absolute Gasteiger partial charge is 0.302 e. The van der Waals surface area contributed by atoms with E-state index < -0.39 is 32.7 Å². The van der Waals surface area contributed by atoms with Crippen LogP contribution in [0.15, 0.2) is 70.7 Å². The molecule has 0 bridgehead atoms. The maximum absolute atomic E-state index is 13.3. The Balaban J connectivity index is 1.72. The molecule has 0 fully saturated rings. The van der Waals surface area contributed by atoms with Crippen molar-refractivity contribution in [1.82, 2.24) is 10.1 Å². The van der Waals surface area contributed by atoms with Gasteiger partial charge < -0.3 is 5.43 Å². The van der Waals surface area contributed by atoms with Crippen LogP contribution in [0.2, 0.25) is 20.1 Å². The van der Waals surface area contributed by atoms with Crippen molar-refractivity contribution in [2.24, 2.45) is 5.10 Å².